The van der Waals surface area contributed by atoms with Crippen LogP contribution in [-0.4, -0.2) is 50.5 Å². The number of unbranched alkanes of at least 4 members (excludes halogenated alkanes) is 14. The lowest BCUT2D eigenvalue weighted by Crippen LogP contribution is -2.41. The molecule has 0 saturated carbocycles. The maximum Gasteiger partial charge on any atom is 0.0934 e. The first-order chi connectivity index (χ1) is 18.3. The SMILES string of the molecule is CCCCCCCCCCOCC(CN1CCC(c2ccccc2)CC1)OCCCCCCCCCC. The normalized spacial score (nSPS) is 15.8. The van der Waals surface area contributed by atoms with Crippen molar-refractivity contribution in [1.29, 1.82) is 0 Å². The molecule has 1 aliphatic rings. The smallest absolute Gasteiger partial charge is 0.0934 e. The van der Waals surface area contributed by atoms with Crippen molar-refractivity contribution in [3.63, 3.8) is 0 Å². The number of piperidine rings is 1. The molecule has 214 valence electrons. The van der Waals surface area contributed by atoms with Gasteiger partial charge in [0, 0.05) is 19.8 Å². The van der Waals surface area contributed by atoms with Crippen LogP contribution in [-0.2, 0) is 9.47 Å². The van der Waals surface area contributed by atoms with Crippen molar-refractivity contribution in [3.8, 4) is 0 Å². The Kier molecular flexibility index (Phi) is 20.1. The average molecular weight is 516 g/mol. The molecule has 2 rings (SSSR count). The van der Waals surface area contributed by atoms with Gasteiger partial charge in [-0.3, -0.25) is 0 Å². The van der Waals surface area contributed by atoms with Crippen molar-refractivity contribution in [3.05, 3.63) is 35.9 Å². The molecule has 1 aromatic carbocycles. The molecule has 3 nitrogen and oxygen atoms in total. The second kappa shape index (κ2) is 23.0. The van der Waals surface area contributed by atoms with Crippen LogP contribution in [0.4, 0.5) is 0 Å². The fourth-order valence-corrected chi connectivity index (χ4v) is 5.65. The van der Waals surface area contributed by atoms with E-state index in [9.17, 15) is 0 Å². The highest BCUT2D eigenvalue weighted by Gasteiger charge is 2.23. The maximum absolute atomic E-state index is 6.42. The van der Waals surface area contributed by atoms with E-state index in [0.29, 0.717) is 5.92 Å². The second-order valence-corrected chi connectivity index (χ2v) is 11.5. The quantitative estimate of drug-likeness (QED) is 0.128. The molecule has 0 aliphatic carbocycles. The topological polar surface area (TPSA) is 21.7 Å². The van der Waals surface area contributed by atoms with Crippen LogP contribution in [0.5, 0.6) is 0 Å². The standard InChI is InChI=1S/C34H61NO2/c1-3-5-7-9-11-13-15-20-28-36-31-34(37-29-21-16-14-12-10-8-6-4-2)30-35-26-24-33(25-27-35)32-22-18-17-19-23-32/h17-19,22-23,33-34H,3-16,20-21,24-31H2,1-2H3. The lowest BCUT2D eigenvalue weighted by Gasteiger charge is -2.34. The second-order valence-electron chi connectivity index (χ2n) is 11.5. The molecule has 0 aromatic heterocycles. The predicted molar refractivity (Wildman–Crippen MR) is 161 cm³/mol. The van der Waals surface area contributed by atoms with Crippen molar-refractivity contribution in [2.45, 2.75) is 141 Å². The fraction of sp³-hybridized carbons (Fsp3) is 0.824. The van der Waals surface area contributed by atoms with Gasteiger partial charge < -0.3 is 14.4 Å². The Hall–Kier alpha value is -0.900. The van der Waals surface area contributed by atoms with E-state index in [1.165, 1.54) is 134 Å². The summed E-state index contributed by atoms with van der Waals surface area (Å²) in [7, 11) is 0. The Labute approximate surface area is 231 Å². The van der Waals surface area contributed by atoms with E-state index in [-0.39, 0.29) is 6.10 Å². The van der Waals surface area contributed by atoms with Crippen molar-refractivity contribution in [2.24, 2.45) is 0 Å². The molecule has 1 fully saturated rings. The Morgan fingerprint density at radius 3 is 1.76 bits per heavy atom. The van der Waals surface area contributed by atoms with Crippen LogP contribution in [0.1, 0.15) is 141 Å². The summed E-state index contributed by atoms with van der Waals surface area (Å²) in [6.07, 6.45) is 24.3. The third-order valence-corrected chi connectivity index (χ3v) is 8.12. The van der Waals surface area contributed by atoms with Crippen molar-refractivity contribution in [1.82, 2.24) is 4.90 Å². The maximum atomic E-state index is 6.42. The molecule has 3 heteroatoms. The summed E-state index contributed by atoms with van der Waals surface area (Å²) in [4.78, 5) is 2.62. The number of ether oxygens (including phenoxy) is 2. The minimum atomic E-state index is 0.215. The molecule has 0 N–H and O–H groups in total. The zero-order valence-electron chi connectivity index (χ0n) is 24.8. The molecule has 0 spiro atoms. The summed E-state index contributed by atoms with van der Waals surface area (Å²) in [6.45, 7) is 10.5. The largest absolute Gasteiger partial charge is 0.379 e. The van der Waals surface area contributed by atoms with Crippen LogP contribution in [0.3, 0.4) is 0 Å². The van der Waals surface area contributed by atoms with E-state index >= 15 is 0 Å². The van der Waals surface area contributed by atoms with Crippen molar-refractivity contribution >= 4 is 0 Å². The first kappa shape index (κ1) is 32.3. The number of rotatable bonds is 24. The number of hydrogen-bond donors (Lipinski definition) is 0. The molecule has 1 saturated heterocycles. The first-order valence-electron chi connectivity index (χ1n) is 16.3. The van der Waals surface area contributed by atoms with Gasteiger partial charge in [-0.15, -0.1) is 0 Å². The van der Waals surface area contributed by atoms with Gasteiger partial charge in [-0.25, -0.2) is 0 Å². The fourth-order valence-electron chi connectivity index (χ4n) is 5.65. The van der Waals surface area contributed by atoms with Gasteiger partial charge in [0.1, 0.15) is 0 Å². The van der Waals surface area contributed by atoms with E-state index in [1.54, 1.807) is 0 Å². The van der Waals surface area contributed by atoms with E-state index in [4.69, 9.17) is 9.47 Å². The highest BCUT2D eigenvalue weighted by Crippen LogP contribution is 2.28. The number of benzene rings is 1. The van der Waals surface area contributed by atoms with Crippen LogP contribution in [0, 0.1) is 0 Å². The summed E-state index contributed by atoms with van der Waals surface area (Å²) in [5.74, 6) is 0.715. The van der Waals surface area contributed by atoms with Gasteiger partial charge in [0.05, 0.1) is 12.7 Å². The molecule has 0 radical (unpaired) electrons. The highest BCUT2D eigenvalue weighted by atomic mass is 16.5. The van der Waals surface area contributed by atoms with Gasteiger partial charge >= 0.3 is 0 Å². The van der Waals surface area contributed by atoms with E-state index < -0.39 is 0 Å². The van der Waals surface area contributed by atoms with Crippen LogP contribution >= 0.6 is 0 Å². The molecule has 0 amide bonds. The van der Waals surface area contributed by atoms with Crippen molar-refractivity contribution in [2.75, 3.05) is 39.5 Å². The van der Waals surface area contributed by atoms with Gasteiger partial charge in [0.2, 0.25) is 0 Å². The summed E-state index contributed by atoms with van der Waals surface area (Å²) >= 11 is 0. The average Bonchev–Trinajstić information content (AvgIpc) is 2.94. The van der Waals surface area contributed by atoms with Gasteiger partial charge in [0.25, 0.3) is 0 Å². The molecule has 1 atom stereocenters. The van der Waals surface area contributed by atoms with Gasteiger partial charge in [-0.1, -0.05) is 134 Å². The zero-order chi connectivity index (χ0) is 26.2. The van der Waals surface area contributed by atoms with Gasteiger partial charge in [-0.2, -0.15) is 0 Å². The molecule has 1 aliphatic heterocycles. The first-order valence-corrected chi connectivity index (χ1v) is 16.3. The number of likely N-dealkylation sites (tertiary alicyclic amines) is 1. The molecule has 1 unspecified atom stereocenters. The molecular formula is C34H61NO2. The lowest BCUT2D eigenvalue weighted by atomic mass is 9.89. The third kappa shape index (κ3) is 16.6. The Bertz CT molecular complexity index is 599. The molecular weight excluding hydrogens is 454 g/mol. The van der Waals surface area contributed by atoms with Gasteiger partial charge in [-0.05, 0) is 50.3 Å². The summed E-state index contributed by atoms with van der Waals surface area (Å²) in [6, 6.07) is 11.1. The summed E-state index contributed by atoms with van der Waals surface area (Å²) in [5.41, 5.74) is 1.51. The monoisotopic (exact) mass is 515 g/mol. The lowest BCUT2D eigenvalue weighted by molar-refractivity contribution is -0.0369. The predicted octanol–water partition coefficient (Wildman–Crippen LogP) is 9.55. The number of hydrogen-bond acceptors (Lipinski definition) is 3. The Balaban J connectivity index is 1.62. The third-order valence-electron chi connectivity index (χ3n) is 8.12. The summed E-state index contributed by atoms with van der Waals surface area (Å²) < 4.78 is 12.6. The summed E-state index contributed by atoms with van der Waals surface area (Å²) in [5, 5.41) is 0. The molecule has 0 bridgehead atoms. The molecule has 1 heterocycles. The number of nitrogens with zero attached hydrogens (tertiary/aromatic N) is 1. The van der Waals surface area contributed by atoms with E-state index in [2.05, 4.69) is 49.1 Å². The minimum absolute atomic E-state index is 0.215. The minimum Gasteiger partial charge on any atom is -0.379 e. The Morgan fingerprint density at radius 2 is 1.19 bits per heavy atom. The van der Waals surface area contributed by atoms with Crippen LogP contribution in [0.25, 0.3) is 0 Å². The molecule has 37 heavy (non-hydrogen) atoms. The van der Waals surface area contributed by atoms with E-state index in [1.807, 2.05) is 0 Å². The Morgan fingerprint density at radius 1 is 0.676 bits per heavy atom. The van der Waals surface area contributed by atoms with Crippen LogP contribution in [0.2, 0.25) is 0 Å². The molecule has 1 aromatic rings. The van der Waals surface area contributed by atoms with Crippen LogP contribution in [0.15, 0.2) is 30.3 Å². The van der Waals surface area contributed by atoms with Crippen LogP contribution < -0.4 is 0 Å². The zero-order valence-corrected chi connectivity index (χ0v) is 24.8. The van der Waals surface area contributed by atoms with Gasteiger partial charge in [0.15, 0.2) is 0 Å². The van der Waals surface area contributed by atoms with E-state index in [0.717, 1.165) is 26.4 Å². The van der Waals surface area contributed by atoms with Crippen molar-refractivity contribution < 1.29 is 9.47 Å². The highest BCUT2D eigenvalue weighted by molar-refractivity contribution is 5.20.